The van der Waals surface area contributed by atoms with E-state index in [2.05, 4.69) is 13.8 Å². The molecule has 0 aliphatic heterocycles. The molecule has 3 aromatic rings. The third-order valence-corrected chi connectivity index (χ3v) is 6.28. The molecule has 4 rings (SSSR count). The van der Waals surface area contributed by atoms with Gasteiger partial charge in [-0.1, -0.05) is 49.7 Å². The SMILES string of the molecule is CC[C@H](C)N(Cc1c(C)nn(-c2ccccc2)c1Oc1ccccc1)C(=O)C1CCC1. The molecular weight excluding hydrogens is 386 g/mol. The zero-order valence-electron chi connectivity index (χ0n) is 18.6. The van der Waals surface area contributed by atoms with Crippen LogP contribution < -0.4 is 4.74 Å². The molecule has 1 atom stereocenters. The fraction of sp³-hybridized carbons (Fsp3) is 0.385. The summed E-state index contributed by atoms with van der Waals surface area (Å²) in [5, 5.41) is 4.81. The predicted molar refractivity (Wildman–Crippen MR) is 122 cm³/mol. The monoisotopic (exact) mass is 417 g/mol. The summed E-state index contributed by atoms with van der Waals surface area (Å²) in [6.07, 6.45) is 4.07. The van der Waals surface area contributed by atoms with Crippen LogP contribution in [0.3, 0.4) is 0 Å². The van der Waals surface area contributed by atoms with Crippen molar-refractivity contribution in [1.82, 2.24) is 14.7 Å². The number of nitrogens with zero attached hydrogens (tertiary/aromatic N) is 3. The predicted octanol–water partition coefficient (Wildman–Crippen LogP) is 5.90. The van der Waals surface area contributed by atoms with E-state index in [1.807, 2.05) is 77.2 Å². The van der Waals surface area contributed by atoms with Crippen LogP contribution in [0.1, 0.15) is 50.8 Å². The Morgan fingerprint density at radius 1 is 1.13 bits per heavy atom. The van der Waals surface area contributed by atoms with Crippen molar-refractivity contribution in [3.05, 3.63) is 71.9 Å². The molecule has 0 N–H and O–H groups in total. The van der Waals surface area contributed by atoms with Gasteiger partial charge in [0, 0.05) is 12.0 Å². The first-order valence-electron chi connectivity index (χ1n) is 11.3. The van der Waals surface area contributed by atoms with Crippen LogP contribution in [0.15, 0.2) is 60.7 Å². The van der Waals surface area contributed by atoms with Gasteiger partial charge in [-0.15, -0.1) is 0 Å². The highest BCUT2D eigenvalue weighted by molar-refractivity contribution is 5.80. The van der Waals surface area contributed by atoms with E-state index in [1.54, 1.807) is 0 Å². The van der Waals surface area contributed by atoms with E-state index in [9.17, 15) is 4.79 Å². The van der Waals surface area contributed by atoms with Gasteiger partial charge in [-0.2, -0.15) is 5.10 Å². The van der Waals surface area contributed by atoms with Gasteiger partial charge in [0.2, 0.25) is 11.8 Å². The van der Waals surface area contributed by atoms with Crippen molar-refractivity contribution in [2.24, 2.45) is 5.92 Å². The van der Waals surface area contributed by atoms with Crippen LogP contribution in [0.2, 0.25) is 0 Å². The molecule has 1 aromatic heterocycles. The molecule has 0 unspecified atom stereocenters. The van der Waals surface area contributed by atoms with Crippen LogP contribution in [0, 0.1) is 12.8 Å². The number of amides is 1. The fourth-order valence-corrected chi connectivity index (χ4v) is 3.90. The van der Waals surface area contributed by atoms with Gasteiger partial charge in [0.05, 0.1) is 23.5 Å². The minimum absolute atomic E-state index is 0.164. The molecule has 31 heavy (non-hydrogen) atoms. The normalized spacial score (nSPS) is 14.7. The third kappa shape index (κ3) is 4.50. The van der Waals surface area contributed by atoms with Crippen molar-refractivity contribution in [1.29, 1.82) is 0 Å². The Morgan fingerprint density at radius 3 is 2.35 bits per heavy atom. The smallest absolute Gasteiger partial charge is 0.227 e. The summed E-state index contributed by atoms with van der Waals surface area (Å²) in [6, 6.07) is 19.9. The quantitative estimate of drug-likeness (QED) is 0.458. The van der Waals surface area contributed by atoms with Crippen molar-refractivity contribution in [3.8, 4) is 17.3 Å². The zero-order chi connectivity index (χ0) is 21.8. The maximum atomic E-state index is 13.2. The Hall–Kier alpha value is -3.08. The highest BCUT2D eigenvalue weighted by Gasteiger charge is 2.33. The number of hydrogen-bond acceptors (Lipinski definition) is 3. The Bertz CT molecular complexity index is 1010. The van der Waals surface area contributed by atoms with Gasteiger partial charge >= 0.3 is 0 Å². The number of ether oxygens (including phenoxy) is 1. The Balaban J connectivity index is 1.74. The maximum Gasteiger partial charge on any atom is 0.227 e. The Labute approximate surface area is 184 Å². The van der Waals surface area contributed by atoms with Gasteiger partial charge in [-0.3, -0.25) is 4.79 Å². The molecule has 1 saturated carbocycles. The summed E-state index contributed by atoms with van der Waals surface area (Å²) in [7, 11) is 0. The second-order valence-corrected chi connectivity index (χ2v) is 8.38. The van der Waals surface area contributed by atoms with E-state index < -0.39 is 0 Å². The summed E-state index contributed by atoms with van der Waals surface area (Å²) in [6.45, 7) is 6.76. The van der Waals surface area contributed by atoms with Gasteiger partial charge in [-0.05, 0) is 57.4 Å². The molecule has 0 saturated heterocycles. The van der Waals surface area contributed by atoms with E-state index >= 15 is 0 Å². The van der Waals surface area contributed by atoms with E-state index in [1.165, 1.54) is 0 Å². The molecule has 1 amide bonds. The third-order valence-electron chi connectivity index (χ3n) is 6.28. The number of carbonyl (C=O) groups is 1. The molecule has 1 aliphatic carbocycles. The molecule has 2 aromatic carbocycles. The van der Waals surface area contributed by atoms with Crippen molar-refractivity contribution < 1.29 is 9.53 Å². The van der Waals surface area contributed by atoms with Crippen LogP contribution in [0.25, 0.3) is 5.69 Å². The highest BCUT2D eigenvalue weighted by Crippen LogP contribution is 2.34. The first kappa shape index (κ1) is 21.2. The Kier molecular flexibility index (Phi) is 6.40. The van der Waals surface area contributed by atoms with Gasteiger partial charge in [0.15, 0.2) is 0 Å². The number of carbonyl (C=O) groups excluding carboxylic acids is 1. The highest BCUT2D eigenvalue weighted by atomic mass is 16.5. The van der Waals surface area contributed by atoms with Crippen LogP contribution in [-0.2, 0) is 11.3 Å². The standard InChI is InChI=1S/C26H31N3O2/c1-4-19(2)28(25(30)21-12-11-13-21)18-24-20(3)27-29(22-14-7-5-8-15-22)26(24)31-23-16-9-6-10-17-23/h5-10,14-17,19,21H,4,11-13,18H2,1-3H3/t19-/m0/s1. The molecule has 1 heterocycles. The van der Waals surface area contributed by atoms with Crippen LogP contribution in [-0.4, -0.2) is 26.6 Å². The number of para-hydroxylation sites is 2. The number of aryl methyl sites for hydroxylation is 1. The van der Waals surface area contributed by atoms with E-state index in [0.29, 0.717) is 12.4 Å². The zero-order valence-corrected chi connectivity index (χ0v) is 18.6. The summed E-state index contributed by atoms with van der Waals surface area (Å²) in [5.41, 5.74) is 2.77. The first-order chi connectivity index (χ1) is 15.1. The molecule has 0 bridgehead atoms. The number of hydrogen-bond donors (Lipinski definition) is 0. The van der Waals surface area contributed by atoms with Gasteiger partial charge in [-0.25, -0.2) is 4.68 Å². The summed E-state index contributed by atoms with van der Waals surface area (Å²) >= 11 is 0. The number of aromatic nitrogens is 2. The molecule has 1 fully saturated rings. The van der Waals surface area contributed by atoms with Crippen LogP contribution in [0.4, 0.5) is 0 Å². The van der Waals surface area contributed by atoms with Gasteiger partial charge in [0.1, 0.15) is 5.75 Å². The van der Waals surface area contributed by atoms with E-state index in [-0.39, 0.29) is 17.9 Å². The summed E-state index contributed by atoms with van der Waals surface area (Å²) < 4.78 is 8.22. The molecule has 162 valence electrons. The molecule has 5 nitrogen and oxygen atoms in total. The average Bonchev–Trinajstić information content (AvgIpc) is 3.06. The van der Waals surface area contributed by atoms with Crippen molar-refractivity contribution >= 4 is 5.91 Å². The summed E-state index contributed by atoms with van der Waals surface area (Å²) in [5.74, 6) is 1.85. The lowest BCUT2D eigenvalue weighted by molar-refractivity contribution is -0.141. The molecule has 1 aliphatic rings. The van der Waals surface area contributed by atoms with Crippen LogP contribution >= 0.6 is 0 Å². The minimum Gasteiger partial charge on any atom is -0.439 e. The van der Waals surface area contributed by atoms with Crippen molar-refractivity contribution in [2.45, 2.75) is 59.0 Å². The van der Waals surface area contributed by atoms with E-state index in [0.717, 1.165) is 48.4 Å². The number of rotatable bonds is 8. The van der Waals surface area contributed by atoms with Gasteiger partial charge in [0.25, 0.3) is 0 Å². The maximum absolute atomic E-state index is 13.2. The second-order valence-electron chi connectivity index (χ2n) is 8.38. The molecule has 0 spiro atoms. The first-order valence-corrected chi connectivity index (χ1v) is 11.3. The lowest BCUT2D eigenvalue weighted by Crippen LogP contribution is -2.43. The fourth-order valence-electron chi connectivity index (χ4n) is 3.90. The number of benzene rings is 2. The lowest BCUT2D eigenvalue weighted by atomic mass is 9.84. The van der Waals surface area contributed by atoms with Gasteiger partial charge < -0.3 is 9.64 Å². The van der Waals surface area contributed by atoms with E-state index in [4.69, 9.17) is 9.84 Å². The molecular formula is C26H31N3O2. The molecule has 0 radical (unpaired) electrons. The van der Waals surface area contributed by atoms with Crippen molar-refractivity contribution in [2.75, 3.05) is 0 Å². The topological polar surface area (TPSA) is 47.4 Å². The molecule has 5 heteroatoms. The second kappa shape index (κ2) is 9.38. The van der Waals surface area contributed by atoms with Crippen molar-refractivity contribution in [3.63, 3.8) is 0 Å². The van der Waals surface area contributed by atoms with Crippen LogP contribution in [0.5, 0.6) is 11.6 Å². The largest absolute Gasteiger partial charge is 0.439 e. The summed E-state index contributed by atoms with van der Waals surface area (Å²) in [4.78, 5) is 15.3. The minimum atomic E-state index is 0.164. The Morgan fingerprint density at radius 2 is 1.77 bits per heavy atom. The lowest BCUT2D eigenvalue weighted by Gasteiger charge is -2.35. The average molecular weight is 418 g/mol.